The van der Waals surface area contributed by atoms with Gasteiger partial charge in [0.05, 0.1) is 22.4 Å². The van der Waals surface area contributed by atoms with Crippen LogP contribution in [0.15, 0.2) is 146 Å². The second kappa shape index (κ2) is 12.0. The summed E-state index contributed by atoms with van der Waals surface area (Å²) in [6.07, 6.45) is 1.88. The van der Waals surface area contributed by atoms with Gasteiger partial charge in [0.25, 0.3) is 0 Å². The Labute approximate surface area is 303 Å². The fourth-order valence-corrected chi connectivity index (χ4v) is 7.27. The molecule has 9 aromatic rings. The molecule has 4 heterocycles. The number of hydrogen-bond donors (Lipinski definition) is 0. The Balaban J connectivity index is 0.00000336. The van der Waals surface area contributed by atoms with Gasteiger partial charge >= 0.3 is 28.1 Å². The molecular weight excluding hydrogens is 798 g/mol. The Bertz CT molecular complexity index is 2680. The first-order chi connectivity index (χ1) is 24.2. The van der Waals surface area contributed by atoms with Crippen molar-refractivity contribution < 1.29 is 30.5 Å². The molecule has 1 aliphatic rings. The summed E-state index contributed by atoms with van der Waals surface area (Å²) in [5.41, 5.74) is 7.22. The van der Waals surface area contributed by atoms with Crippen LogP contribution in [0.5, 0.6) is 17.2 Å². The number of pyridine rings is 1. The Hall–Kier alpha value is -5.78. The summed E-state index contributed by atoms with van der Waals surface area (Å²) in [6, 6.07) is 54.8. The molecule has 0 saturated carbocycles. The molecule has 0 N–H and O–H groups in total. The molecular formula is C42H27BN4O2Pt. The molecule has 0 spiro atoms. The predicted molar refractivity (Wildman–Crippen MR) is 198 cm³/mol. The number of anilines is 1. The summed E-state index contributed by atoms with van der Waals surface area (Å²) in [6.45, 7) is 0. The number of para-hydroxylation sites is 5. The minimum absolute atomic E-state index is 0. The fourth-order valence-electron chi connectivity index (χ4n) is 7.27. The van der Waals surface area contributed by atoms with Crippen LogP contribution < -0.4 is 19.7 Å². The van der Waals surface area contributed by atoms with Crippen molar-refractivity contribution in [2.24, 2.45) is 0 Å². The summed E-state index contributed by atoms with van der Waals surface area (Å²) < 4.78 is 17.2. The van der Waals surface area contributed by atoms with E-state index in [9.17, 15) is 0 Å². The minimum atomic E-state index is -0.289. The standard InChI is InChI=1S/C42H27BN4O2.Pt/c1-45-39-19-8-9-20-41(39)49-43(45)28-11-10-12-30(25-28)48-31-21-22-35-34-15-4-7-18-38(34)47(40(35)27-31)42-26-29(23-24-44-42)46-36-16-5-2-13-32(36)33-14-3-6-17-37(33)46;/h2-24,26H,1H3;/q-2;+2. The molecule has 6 aromatic carbocycles. The van der Waals surface area contributed by atoms with Gasteiger partial charge in [-0.25, -0.2) is 4.98 Å². The van der Waals surface area contributed by atoms with E-state index in [1.807, 2.05) is 55.7 Å². The molecule has 240 valence electrons. The van der Waals surface area contributed by atoms with Gasteiger partial charge in [0, 0.05) is 40.1 Å². The number of benzene rings is 6. The summed E-state index contributed by atoms with van der Waals surface area (Å²) in [7, 11) is 1.74. The van der Waals surface area contributed by atoms with E-state index in [0.29, 0.717) is 11.5 Å². The average Bonchev–Trinajstić information content (AvgIpc) is 3.79. The van der Waals surface area contributed by atoms with E-state index < -0.39 is 0 Å². The molecule has 3 aromatic heterocycles. The van der Waals surface area contributed by atoms with Crippen LogP contribution in [-0.2, 0) is 21.1 Å². The molecule has 0 aliphatic carbocycles. The van der Waals surface area contributed by atoms with E-state index in [1.165, 1.54) is 10.8 Å². The van der Waals surface area contributed by atoms with E-state index >= 15 is 0 Å². The van der Waals surface area contributed by atoms with Crippen LogP contribution in [0.4, 0.5) is 5.69 Å². The Morgan fingerprint density at radius 2 is 1.26 bits per heavy atom. The maximum absolute atomic E-state index is 6.44. The van der Waals surface area contributed by atoms with Crippen molar-refractivity contribution in [1.82, 2.24) is 14.1 Å². The van der Waals surface area contributed by atoms with E-state index in [-0.39, 0.29) is 28.1 Å². The van der Waals surface area contributed by atoms with E-state index in [2.05, 4.69) is 123 Å². The summed E-state index contributed by atoms with van der Waals surface area (Å²) in [5.74, 6) is 2.84. The van der Waals surface area contributed by atoms with Crippen LogP contribution in [0.3, 0.4) is 0 Å². The molecule has 0 fully saturated rings. The third-order valence-electron chi connectivity index (χ3n) is 9.47. The largest absolute Gasteiger partial charge is 2.00 e. The molecule has 1 aliphatic heterocycles. The zero-order valence-corrected chi connectivity index (χ0v) is 29.1. The van der Waals surface area contributed by atoms with Crippen LogP contribution in [0.25, 0.3) is 55.1 Å². The third kappa shape index (κ3) is 4.73. The quantitative estimate of drug-likeness (QED) is 0.129. The smallest absolute Gasteiger partial charge is 0.537 e. The van der Waals surface area contributed by atoms with Crippen LogP contribution in [0.2, 0.25) is 0 Å². The van der Waals surface area contributed by atoms with E-state index in [1.54, 1.807) is 0 Å². The summed E-state index contributed by atoms with van der Waals surface area (Å²) in [5, 5.41) is 4.64. The number of ether oxygens (including phenoxy) is 1. The van der Waals surface area contributed by atoms with Crippen LogP contribution in [0.1, 0.15) is 0 Å². The molecule has 8 heteroatoms. The second-order valence-electron chi connectivity index (χ2n) is 12.3. The van der Waals surface area contributed by atoms with Crippen LogP contribution >= 0.6 is 0 Å². The van der Waals surface area contributed by atoms with Gasteiger partial charge in [-0.2, -0.15) is 18.2 Å². The summed E-state index contributed by atoms with van der Waals surface area (Å²) >= 11 is 0. The Morgan fingerprint density at radius 3 is 2.00 bits per heavy atom. The van der Waals surface area contributed by atoms with Crippen molar-refractivity contribution in [3.63, 3.8) is 0 Å². The average molecular weight is 826 g/mol. The Kier molecular flexibility index (Phi) is 7.25. The van der Waals surface area contributed by atoms with Gasteiger partial charge in [-0.05, 0) is 48.8 Å². The third-order valence-corrected chi connectivity index (χ3v) is 9.47. The Morgan fingerprint density at radius 1 is 0.620 bits per heavy atom. The van der Waals surface area contributed by atoms with Crippen LogP contribution in [0, 0.1) is 12.1 Å². The molecule has 10 rings (SSSR count). The van der Waals surface area contributed by atoms with Crippen LogP contribution in [-0.4, -0.2) is 28.2 Å². The van der Waals surface area contributed by atoms with Crippen molar-refractivity contribution in [3.05, 3.63) is 158 Å². The number of hydrogen-bond acceptors (Lipinski definition) is 4. The van der Waals surface area contributed by atoms with E-state index in [0.717, 1.165) is 61.2 Å². The normalized spacial score (nSPS) is 12.4. The first-order valence-electron chi connectivity index (χ1n) is 16.3. The topological polar surface area (TPSA) is 44.5 Å². The molecule has 0 atom stereocenters. The molecule has 50 heavy (non-hydrogen) atoms. The van der Waals surface area contributed by atoms with E-state index in [4.69, 9.17) is 14.4 Å². The fraction of sp³-hybridized carbons (Fsp3) is 0.0238. The van der Waals surface area contributed by atoms with Crippen molar-refractivity contribution in [3.8, 4) is 28.8 Å². The van der Waals surface area contributed by atoms with Crippen molar-refractivity contribution in [1.29, 1.82) is 0 Å². The molecule has 0 radical (unpaired) electrons. The second-order valence-corrected chi connectivity index (χ2v) is 12.3. The van der Waals surface area contributed by atoms with Crippen molar-refractivity contribution in [2.45, 2.75) is 0 Å². The minimum Gasteiger partial charge on any atom is -0.537 e. The van der Waals surface area contributed by atoms with Gasteiger partial charge in [-0.3, -0.25) is 0 Å². The van der Waals surface area contributed by atoms with Gasteiger partial charge in [-0.1, -0.05) is 72.2 Å². The first kappa shape index (κ1) is 30.3. The maximum atomic E-state index is 6.44. The van der Waals surface area contributed by atoms with Gasteiger partial charge < -0.3 is 23.3 Å². The molecule has 0 saturated heterocycles. The zero-order chi connectivity index (χ0) is 32.5. The van der Waals surface area contributed by atoms with Crippen molar-refractivity contribution >= 4 is 61.8 Å². The van der Waals surface area contributed by atoms with Gasteiger partial charge in [0.15, 0.2) is 0 Å². The van der Waals surface area contributed by atoms with Gasteiger partial charge in [0.2, 0.25) is 0 Å². The number of nitrogens with zero attached hydrogens (tertiary/aromatic N) is 4. The molecule has 6 nitrogen and oxygen atoms in total. The number of aromatic nitrogens is 3. The predicted octanol–water partition coefficient (Wildman–Crippen LogP) is 8.89. The first-order valence-corrected chi connectivity index (χ1v) is 16.3. The van der Waals surface area contributed by atoms with Crippen molar-refractivity contribution in [2.75, 3.05) is 11.9 Å². The monoisotopic (exact) mass is 825 g/mol. The van der Waals surface area contributed by atoms with Gasteiger partial charge in [-0.15, -0.1) is 35.1 Å². The molecule has 0 bridgehead atoms. The molecule has 0 unspecified atom stereocenters. The zero-order valence-electron chi connectivity index (χ0n) is 26.9. The summed E-state index contributed by atoms with van der Waals surface area (Å²) in [4.78, 5) is 7.02. The molecule has 0 amide bonds. The number of rotatable bonds is 5. The van der Waals surface area contributed by atoms with Gasteiger partial charge in [0.1, 0.15) is 11.6 Å². The number of fused-ring (bicyclic) bond motifs is 7. The maximum Gasteiger partial charge on any atom is 2.00 e. The SMILES string of the molecule is CN1B(c2[c-]c(Oc3[c-]c4c(cc3)c3ccccc3n4-c3cc(-n4c5ccccc5c5ccccc54)ccn3)ccc2)Oc2ccccc21.[Pt+2].